The van der Waals surface area contributed by atoms with Crippen molar-refractivity contribution in [3.8, 4) is 5.75 Å². The third-order valence-electron chi connectivity index (χ3n) is 8.54. The van der Waals surface area contributed by atoms with E-state index < -0.39 is 52.8 Å². The number of carbonyl (C=O) groups excluding carboxylic acids is 5. The van der Waals surface area contributed by atoms with Crippen molar-refractivity contribution in [2.24, 2.45) is 23.7 Å². The van der Waals surface area contributed by atoms with Gasteiger partial charge < -0.3 is 4.74 Å². The second kappa shape index (κ2) is 11.5. The zero-order valence-electron chi connectivity index (χ0n) is 22.9. The molecule has 2 aliphatic carbocycles. The molecule has 6 rings (SSSR count). The van der Waals surface area contributed by atoms with Crippen molar-refractivity contribution < 1.29 is 33.6 Å². The average Bonchev–Trinajstić information content (AvgIpc) is 3.69. The van der Waals surface area contributed by atoms with Gasteiger partial charge in [-0.2, -0.15) is 5.01 Å². The van der Waals surface area contributed by atoms with Crippen molar-refractivity contribution in [3.05, 3.63) is 104 Å². The number of fused-ring (bicyclic) bond motifs is 5. The molecule has 1 heterocycles. The van der Waals surface area contributed by atoms with Crippen LogP contribution in [-0.4, -0.2) is 51.0 Å². The zero-order chi connectivity index (χ0) is 31.3. The van der Waals surface area contributed by atoms with Crippen molar-refractivity contribution in [2.45, 2.75) is 19.3 Å². The fourth-order valence-corrected chi connectivity index (χ4v) is 6.98. The van der Waals surface area contributed by atoms with Crippen LogP contribution < -0.4 is 4.74 Å². The monoisotopic (exact) mass is 635 g/mol. The summed E-state index contributed by atoms with van der Waals surface area (Å²) in [5.74, 6) is -3.94. The fraction of sp³-hybridized carbons (Fsp3) is 0.258. The third kappa shape index (κ3) is 5.22. The van der Waals surface area contributed by atoms with Crippen molar-refractivity contribution in [1.82, 2.24) is 10.0 Å². The molecule has 3 aromatic rings. The molecule has 3 amide bonds. The molecule has 0 aromatic heterocycles. The van der Waals surface area contributed by atoms with Crippen LogP contribution in [0.4, 0.5) is 5.69 Å². The number of halogens is 2. The predicted octanol–water partition coefficient (Wildman–Crippen LogP) is 5.39. The summed E-state index contributed by atoms with van der Waals surface area (Å²) in [5.41, 5.74) is 0.00425. The minimum absolute atomic E-state index is 0.00139. The van der Waals surface area contributed by atoms with E-state index in [4.69, 9.17) is 27.9 Å². The molecule has 2 saturated carbocycles. The number of benzene rings is 3. The van der Waals surface area contributed by atoms with E-state index in [9.17, 15) is 34.1 Å². The van der Waals surface area contributed by atoms with E-state index >= 15 is 0 Å². The van der Waals surface area contributed by atoms with Crippen molar-refractivity contribution in [1.29, 1.82) is 0 Å². The molecule has 3 aromatic carbocycles. The standard InChI is InChI=1S/C31H23Cl2N3O8/c32-20-7-12-23(24(33)14-20)28(38)34(35-29(39)26-18-1-2-19(13-18)27(26)30(35)40)15-25(37)16-5-10-22(11-6-16)44-31(41)17-3-8-21(9-4-17)36(42)43/h3-12,14,18-19,26-27H,1-2,13,15H2/t18-,19-,26-,27+/m0/s1. The highest BCUT2D eigenvalue weighted by Gasteiger charge is 2.62. The maximum absolute atomic E-state index is 13.8. The summed E-state index contributed by atoms with van der Waals surface area (Å²) in [6.07, 6.45) is 2.49. The molecule has 44 heavy (non-hydrogen) atoms. The number of nitro groups is 1. The summed E-state index contributed by atoms with van der Waals surface area (Å²) in [5, 5.41) is 12.8. The van der Waals surface area contributed by atoms with Gasteiger partial charge in [-0.1, -0.05) is 23.2 Å². The van der Waals surface area contributed by atoms with Gasteiger partial charge >= 0.3 is 5.97 Å². The second-order valence-electron chi connectivity index (χ2n) is 11.0. The number of Topliss-reactive ketones (excluding diaryl/α,β-unsaturated/α-hetero) is 1. The number of hydrazine groups is 1. The largest absolute Gasteiger partial charge is 0.423 e. The first kappa shape index (κ1) is 29.5. The normalized spacial score (nSPS) is 21.7. The minimum atomic E-state index is -0.803. The van der Waals surface area contributed by atoms with Gasteiger partial charge in [0, 0.05) is 22.7 Å². The van der Waals surface area contributed by atoms with Crippen LogP contribution in [0.3, 0.4) is 0 Å². The van der Waals surface area contributed by atoms with E-state index in [-0.39, 0.29) is 50.0 Å². The van der Waals surface area contributed by atoms with Gasteiger partial charge in [-0.05, 0) is 85.7 Å². The van der Waals surface area contributed by atoms with E-state index in [0.29, 0.717) is 0 Å². The van der Waals surface area contributed by atoms with Crippen LogP contribution in [0.15, 0.2) is 66.7 Å². The molecule has 0 spiro atoms. The number of hydrogen-bond donors (Lipinski definition) is 0. The van der Waals surface area contributed by atoms with Gasteiger partial charge in [0.25, 0.3) is 23.4 Å². The van der Waals surface area contributed by atoms with Crippen LogP contribution in [0, 0.1) is 33.8 Å². The Balaban J connectivity index is 1.22. The SMILES string of the molecule is O=C(CN(C(=O)c1ccc(Cl)cc1Cl)N1C(=O)[C@@H]2[C@H]3CC[C@@H](C3)[C@@H]2C1=O)c1ccc(OC(=O)c2ccc([N+](=O)[O-])cc2)cc1. The smallest absolute Gasteiger partial charge is 0.343 e. The fourth-order valence-electron chi connectivity index (χ4n) is 6.49. The molecular formula is C31H23Cl2N3O8. The Labute approximate surface area is 260 Å². The molecule has 3 aliphatic rings. The van der Waals surface area contributed by atoms with Crippen molar-refractivity contribution in [3.63, 3.8) is 0 Å². The topological polar surface area (TPSA) is 144 Å². The van der Waals surface area contributed by atoms with E-state index in [2.05, 4.69) is 0 Å². The van der Waals surface area contributed by atoms with Gasteiger partial charge in [-0.3, -0.25) is 29.3 Å². The molecule has 1 aliphatic heterocycles. The number of carbonyl (C=O) groups is 5. The highest BCUT2D eigenvalue weighted by Crippen LogP contribution is 2.56. The van der Waals surface area contributed by atoms with E-state index in [1.54, 1.807) is 0 Å². The molecule has 3 fully saturated rings. The Bertz CT molecular complexity index is 1700. The molecule has 0 unspecified atom stereocenters. The summed E-state index contributed by atoms with van der Waals surface area (Å²) in [6, 6.07) is 14.5. The first-order chi connectivity index (χ1) is 21.0. The molecule has 2 bridgehead atoms. The zero-order valence-corrected chi connectivity index (χ0v) is 24.4. The number of nitro benzene ring substituents is 1. The number of rotatable bonds is 8. The molecule has 11 nitrogen and oxygen atoms in total. The molecule has 0 radical (unpaired) electrons. The number of nitrogens with zero attached hydrogens (tertiary/aromatic N) is 3. The maximum Gasteiger partial charge on any atom is 0.343 e. The third-order valence-corrected chi connectivity index (χ3v) is 9.08. The minimum Gasteiger partial charge on any atom is -0.423 e. The summed E-state index contributed by atoms with van der Waals surface area (Å²) < 4.78 is 5.31. The van der Waals surface area contributed by atoms with Crippen LogP contribution in [0.2, 0.25) is 10.0 Å². The Morgan fingerprint density at radius 1 is 0.886 bits per heavy atom. The number of amides is 3. The van der Waals surface area contributed by atoms with E-state index in [1.807, 2.05) is 0 Å². The number of ketones is 1. The second-order valence-corrected chi connectivity index (χ2v) is 11.8. The van der Waals surface area contributed by atoms with Crippen molar-refractivity contribution in [2.75, 3.05) is 6.54 Å². The highest BCUT2D eigenvalue weighted by atomic mass is 35.5. The molecule has 0 N–H and O–H groups in total. The Kier molecular flexibility index (Phi) is 7.68. The van der Waals surface area contributed by atoms with E-state index in [0.717, 1.165) is 29.3 Å². The summed E-state index contributed by atoms with van der Waals surface area (Å²) in [4.78, 5) is 77.2. The number of imide groups is 1. The Morgan fingerprint density at radius 2 is 1.48 bits per heavy atom. The van der Waals surface area contributed by atoms with Crippen LogP contribution in [0.25, 0.3) is 0 Å². The van der Waals surface area contributed by atoms with Gasteiger partial charge in [0.2, 0.25) is 0 Å². The maximum atomic E-state index is 13.8. The van der Waals surface area contributed by atoms with Gasteiger partial charge in [0.15, 0.2) is 5.78 Å². The number of ether oxygens (including phenoxy) is 1. The lowest BCUT2D eigenvalue weighted by molar-refractivity contribution is -0.384. The lowest BCUT2D eigenvalue weighted by Crippen LogP contribution is -2.52. The van der Waals surface area contributed by atoms with Crippen LogP contribution in [-0.2, 0) is 9.59 Å². The molecule has 1 saturated heterocycles. The van der Waals surface area contributed by atoms with Gasteiger partial charge in [0.05, 0.1) is 32.9 Å². The first-order valence-corrected chi connectivity index (χ1v) is 14.5. The molecular weight excluding hydrogens is 613 g/mol. The van der Waals surface area contributed by atoms with Gasteiger partial charge in [0.1, 0.15) is 12.3 Å². The highest BCUT2D eigenvalue weighted by molar-refractivity contribution is 6.36. The average molecular weight is 636 g/mol. The lowest BCUT2D eigenvalue weighted by Gasteiger charge is -2.31. The summed E-state index contributed by atoms with van der Waals surface area (Å²) in [6.45, 7) is -0.633. The van der Waals surface area contributed by atoms with E-state index in [1.165, 1.54) is 66.7 Å². The summed E-state index contributed by atoms with van der Waals surface area (Å²) >= 11 is 12.3. The van der Waals surface area contributed by atoms with Crippen LogP contribution in [0.1, 0.15) is 50.3 Å². The number of esters is 1. The Hall–Kier alpha value is -4.61. The first-order valence-electron chi connectivity index (χ1n) is 13.8. The van der Waals surface area contributed by atoms with Gasteiger partial charge in [-0.25, -0.2) is 9.80 Å². The van der Waals surface area contributed by atoms with Crippen LogP contribution in [0.5, 0.6) is 5.75 Å². The number of hydrogen-bond acceptors (Lipinski definition) is 8. The Morgan fingerprint density at radius 3 is 2.05 bits per heavy atom. The summed E-state index contributed by atoms with van der Waals surface area (Å²) in [7, 11) is 0. The quantitative estimate of drug-likeness (QED) is 0.0800. The number of non-ortho nitro benzene ring substituents is 1. The molecule has 4 atom stereocenters. The lowest BCUT2D eigenvalue weighted by atomic mass is 9.81. The molecule has 13 heteroatoms. The molecule has 224 valence electrons. The predicted molar refractivity (Wildman–Crippen MR) is 156 cm³/mol. The van der Waals surface area contributed by atoms with Crippen molar-refractivity contribution >= 4 is 58.4 Å². The van der Waals surface area contributed by atoms with Gasteiger partial charge in [-0.15, -0.1) is 0 Å². The van der Waals surface area contributed by atoms with Crippen LogP contribution >= 0.6 is 23.2 Å².